The van der Waals surface area contributed by atoms with E-state index in [-0.39, 0.29) is 17.9 Å². The highest BCUT2D eigenvalue weighted by molar-refractivity contribution is 6.12. The van der Waals surface area contributed by atoms with Gasteiger partial charge in [0.1, 0.15) is 12.0 Å². The van der Waals surface area contributed by atoms with Crippen molar-refractivity contribution in [1.82, 2.24) is 15.2 Å². The van der Waals surface area contributed by atoms with Crippen LogP contribution in [0.5, 0.6) is 0 Å². The van der Waals surface area contributed by atoms with Crippen molar-refractivity contribution < 1.29 is 0 Å². The molecular formula is C48H38N4. The highest BCUT2D eigenvalue weighted by atomic mass is 15.4. The lowest BCUT2D eigenvalue weighted by Gasteiger charge is -2.34. The van der Waals surface area contributed by atoms with Crippen LogP contribution in [0.4, 0.5) is 0 Å². The zero-order chi connectivity index (χ0) is 34.8. The van der Waals surface area contributed by atoms with E-state index in [1.165, 1.54) is 60.8 Å². The Morgan fingerprint density at radius 3 is 1.96 bits per heavy atom. The number of fused-ring (bicyclic) bond motifs is 7. The summed E-state index contributed by atoms with van der Waals surface area (Å²) < 4.78 is 2.46. The Hall–Kier alpha value is -6.23. The fourth-order valence-corrected chi connectivity index (χ4v) is 8.57. The summed E-state index contributed by atoms with van der Waals surface area (Å²) in [4.78, 5) is 5.53. The Morgan fingerprint density at radius 1 is 0.538 bits per heavy atom. The van der Waals surface area contributed by atoms with E-state index in [0.29, 0.717) is 0 Å². The third kappa shape index (κ3) is 4.83. The van der Waals surface area contributed by atoms with Crippen molar-refractivity contribution >= 4 is 27.6 Å². The predicted molar refractivity (Wildman–Crippen MR) is 215 cm³/mol. The summed E-state index contributed by atoms with van der Waals surface area (Å²) >= 11 is 0. The molecule has 4 nitrogen and oxygen atoms in total. The maximum Gasteiger partial charge on any atom is 0.184 e. The summed E-state index contributed by atoms with van der Waals surface area (Å²) in [5.41, 5.74) is 14.5. The molecule has 0 radical (unpaired) electrons. The van der Waals surface area contributed by atoms with Gasteiger partial charge in [-0.3, -0.25) is 5.32 Å². The van der Waals surface area contributed by atoms with Gasteiger partial charge in [-0.1, -0.05) is 172 Å². The highest BCUT2D eigenvalue weighted by Gasteiger charge is 2.39. The standard InChI is InChI=1S/C48H38N4/c1-48(2)41-22-11-9-20-37(41)39-28-29-40-38-21-10-12-23-42(38)52(44(40)43(39)48)47-50-45(34-26-24-33(25-27-34)31-14-5-3-6-15-31)49-46(51-47)36-19-13-18-35(30-36)32-16-7-4-8-17-32/h3-30,46-47,51H,1-2H3,(H,49,50). The van der Waals surface area contributed by atoms with Gasteiger partial charge < -0.3 is 9.88 Å². The van der Waals surface area contributed by atoms with E-state index < -0.39 is 0 Å². The van der Waals surface area contributed by atoms with Crippen LogP contribution < -0.4 is 10.6 Å². The van der Waals surface area contributed by atoms with E-state index in [0.717, 1.165) is 22.5 Å². The van der Waals surface area contributed by atoms with E-state index in [2.05, 4.69) is 199 Å². The number of aliphatic imine (C=N–C) groups is 1. The van der Waals surface area contributed by atoms with Crippen LogP contribution in [-0.4, -0.2) is 10.4 Å². The molecule has 10 rings (SSSR count). The molecule has 2 aliphatic rings. The summed E-state index contributed by atoms with van der Waals surface area (Å²) in [6, 6.07) is 61.1. The van der Waals surface area contributed by atoms with E-state index in [9.17, 15) is 0 Å². The molecule has 0 bridgehead atoms. The Morgan fingerprint density at radius 2 is 1.17 bits per heavy atom. The minimum Gasteiger partial charge on any atom is -0.350 e. The first-order valence-corrected chi connectivity index (χ1v) is 18.1. The number of nitrogens with zero attached hydrogens (tertiary/aromatic N) is 2. The van der Waals surface area contributed by atoms with Gasteiger partial charge in [0.15, 0.2) is 6.29 Å². The normalized spacial score (nSPS) is 17.4. The largest absolute Gasteiger partial charge is 0.350 e. The number of aromatic nitrogens is 1. The molecule has 0 amide bonds. The minimum atomic E-state index is -0.385. The van der Waals surface area contributed by atoms with Crippen molar-refractivity contribution in [2.24, 2.45) is 4.99 Å². The molecule has 1 aliphatic carbocycles. The Balaban J connectivity index is 1.17. The molecule has 52 heavy (non-hydrogen) atoms. The summed E-state index contributed by atoms with van der Waals surface area (Å²) in [5.74, 6) is 0.861. The molecule has 7 aromatic carbocycles. The summed E-state index contributed by atoms with van der Waals surface area (Å²) in [5, 5.41) is 10.3. The molecular weight excluding hydrogens is 633 g/mol. The van der Waals surface area contributed by atoms with Gasteiger partial charge in [-0.05, 0) is 62.2 Å². The average Bonchev–Trinajstić information content (AvgIpc) is 3.67. The number of benzene rings is 7. The molecule has 1 aliphatic heterocycles. The lowest BCUT2D eigenvalue weighted by Crippen LogP contribution is -2.46. The molecule has 2 unspecified atom stereocenters. The van der Waals surface area contributed by atoms with Crippen molar-refractivity contribution in [3.05, 3.63) is 192 Å². The van der Waals surface area contributed by atoms with Gasteiger partial charge in [0, 0.05) is 21.8 Å². The molecule has 4 heteroatoms. The van der Waals surface area contributed by atoms with Crippen LogP contribution in [0.1, 0.15) is 48.6 Å². The highest BCUT2D eigenvalue weighted by Crippen LogP contribution is 2.53. The first kappa shape index (κ1) is 30.6. The molecule has 1 aromatic heterocycles. The Kier molecular flexibility index (Phi) is 7.02. The number of amidine groups is 1. The van der Waals surface area contributed by atoms with Crippen LogP contribution in [0.15, 0.2) is 175 Å². The van der Waals surface area contributed by atoms with Crippen LogP contribution in [0.3, 0.4) is 0 Å². The third-order valence-corrected chi connectivity index (χ3v) is 11.1. The molecule has 2 N–H and O–H groups in total. The van der Waals surface area contributed by atoms with Crippen molar-refractivity contribution in [2.45, 2.75) is 31.7 Å². The monoisotopic (exact) mass is 670 g/mol. The van der Waals surface area contributed by atoms with Gasteiger partial charge in [-0.15, -0.1) is 0 Å². The number of para-hydroxylation sites is 1. The van der Waals surface area contributed by atoms with Crippen LogP contribution in [-0.2, 0) is 5.41 Å². The molecule has 0 saturated heterocycles. The summed E-state index contributed by atoms with van der Waals surface area (Å²) in [6.07, 6.45) is -0.586. The first-order chi connectivity index (χ1) is 25.5. The predicted octanol–water partition coefficient (Wildman–Crippen LogP) is 11.2. The maximum atomic E-state index is 5.53. The quantitative estimate of drug-likeness (QED) is 0.191. The number of hydrogen-bond acceptors (Lipinski definition) is 3. The number of hydrogen-bond donors (Lipinski definition) is 2. The Labute approximate surface area is 304 Å². The van der Waals surface area contributed by atoms with Crippen LogP contribution >= 0.6 is 0 Å². The second-order valence-corrected chi connectivity index (χ2v) is 14.5. The number of rotatable bonds is 5. The van der Waals surface area contributed by atoms with Gasteiger partial charge in [-0.25, -0.2) is 4.99 Å². The van der Waals surface area contributed by atoms with Gasteiger partial charge >= 0.3 is 0 Å². The molecule has 0 fully saturated rings. The van der Waals surface area contributed by atoms with Gasteiger partial charge in [-0.2, -0.15) is 0 Å². The minimum absolute atomic E-state index is 0.187. The summed E-state index contributed by atoms with van der Waals surface area (Å²) in [7, 11) is 0. The van der Waals surface area contributed by atoms with Crippen molar-refractivity contribution in [3.8, 4) is 33.4 Å². The van der Waals surface area contributed by atoms with Gasteiger partial charge in [0.05, 0.1) is 11.0 Å². The molecule has 0 saturated carbocycles. The van der Waals surface area contributed by atoms with Crippen molar-refractivity contribution in [1.29, 1.82) is 0 Å². The van der Waals surface area contributed by atoms with Crippen LogP contribution in [0.2, 0.25) is 0 Å². The fourth-order valence-electron chi connectivity index (χ4n) is 8.57. The van der Waals surface area contributed by atoms with Crippen molar-refractivity contribution in [2.75, 3.05) is 0 Å². The van der Waals surface area contributed by atoms with Crippen molar-refractivity contribution in [3.63, 3.8) is 0 Å². The zero-order valence-electron chi connectivity index (χ0n) is 29.2. The molecule has 250 valence electrons. The van der Waals surface area contributed by atoms with E-state index in [1.54, 1.807) is 0 Å². The number of nitrogens with one attached hydrogen (secondary N) is 2. The van der Waals surface area contributed by atoms with E-state index in [1.807, 2.05) is 0 Å². The lowest BCUT2D eigenvalue weighted by molar-refractivity contribution is 0.341. The fraction of sp³-hybridized carbons (Fsp3) is 0.104. The zero-order valence-corrected chi connectivity index (χ0v) is 29.2. The second kappa shape index (κ2) is 11.9. The molecule has 0 spiro atoms. The van der Waals surface area contributed by atoms with E-state index in [4.69, 9.17) is 4.99 Å². The average molecular weight is 671 g/mol. The van der Waals surface area contributed by atoms with E-state index >= 15 is 0 Å². The van der Waals surface area contributed by atoms with Crippen LogP contribution in [0, 0.1) is 0 Å². The van der Waals surface area contributed by atoms with Crippen LogP contribution in [0.25, 0.3) is 55.2 Å². The molecule has 2 atom stereocenters. The van der Waals surface area contributed by atoms with Gasteiger partial charge in [0.2, 0.25) is 0 Å². The second-order valence-electron chi connectivity index (χ2n) is 14.5. The SMILES string of the molecule is CC1(C)c2ccccc2-c2ccc3c4ccccc4n(C4N=C(c5ccc(-c6ccccc6)cc5)NC(c5cccc(-c6ccccc6)c5)N4)c3c21. The molecule has 2 heterocycles. The topological polar surface area (TPSA) is 41.4 Å². The smallest absolute Gasteiger partial charge is 0.184 e. The van der Waals surface area contributed by atoms with Gasteiger partial charge in [0.25, 0.3) is 0 Å². The maximum absolute atomic E-state index is 5.53. The first-order valence-electron chi connectivity index (χ1n) is 18.1. The Bertz CT molecular complexity index is 2650. The summed E-state index contributed by atoms with van der Waals surface area (Å²) in [6.45, 7) is 4.74. The third-order valence-electron chi connectivity index (χ3n) is 11.1. The molecule has 8 aromatic rings. The lowest BCUT2D eigenvalue weighted by atomic mass is 9.81.